The Hall–Kier alpha value is -1.77. The highest BCUT2D eigenvalue weighted by Gasteiger charge is 2.17. The molecule has 0 aliphatic carbocycles. The van der Waals surface area contributed by atoms with E-state index in [1.165, 1.54) is 11.3 Å². The number of piperidine rings is 1. The number of hydrogen-bond donors (Lipinski definition) is 3. The first-order chi connectivity index (χ1) is 15.0. The van der Waals surface area contributed by atoms with Crippen molar-refractivity contribution in [3.8, 4) is 12.3 Å². The summed E-state index contributed by atoms with van der Waals surface area (Å²) in [5.74, 6) is 2.25. The van der Waals surface area contributed by atoms with Crippen molar-refractivity contribution in [1.29, 1.82) is 0 Å². The molecule has 1 saturated heterocycles. The van der Waals surface area contributed by atoms with Crippen molar-refractivity contribution in [2.75, 3.05) is 19.8 Å². The molecule has 0 radical (unpaired) electrons. The van der Waals surface area contributed by atoms with E-state index >= 15 is 0 Å². The molecule has 172 valence electrons. The second kappa shape index (κ2) is 15.9. The number of ether oxygens (including phenoxy) is 1. The average molecular weight is 448 g/mol. The third-order valence-corrected chi connectivity index (χ3v) is 5.59. The summed E-state index contributed by atoms with van der Waals surface area (Å²) in [5.41, 5.74) is 4.89. The van der Waals surface area contributed by atoms with Crippen LogP contribution in [0, 0.1) is 12.3 Å². The molecule has 0 spiro atoms. The minimum absolute atomic E-state index is 0.0320. The van der Waals surface area contributed by atoms with Gasteiger partial charge in [0.25, 0.3) is 0 Å². The summed E-state index contributed by atoms with van der Waals surface area (Å²) in [5, 5.41) is 23.3. The zero-order chi connectivity index (χ0) is 23.1. The molecule has 1 aromatic carbocycles. The molecule has 0 amide bonds. The van der Waals surface area contributed by atoms with Crippen molar-refractivity contribution in [2.45, 2.75) is 71.5 Å². The Bertz CT molecular complexity index is 752. The normalized spacial score (nSPS) is 18.0. The highest BCUT2D eigenvalue weighted by molar-refractivity contribution is 6.31. The fraction of sp³-hybridized carbons (Fsp3) is 0.538. The maximum Gasteiger partial charge on any atom is 0.0850 e. The maximum atomic E-state index is 10.1. The van der Waals surface area contributed by atoms with Gasteiger partial charge < -0.3 is 20.3 Å². The minimum atomic E-state index is -0.423. The van der Waals surface area contributed by atoms with Crippen LogP contribution >= 0.6 is 11.6 Å². The lowest BCUT2D eigenvalue weighted by Crippen LogP contribution is -2.21. The highest BCUT2D eigenvalue weighted by atomic mass is 35.5. The van der Waals surface area contributed by atoms with Gasteiger partial charge in [-0.3, -0.25) is 0 Å². The van der Waals surface area contributed by atoms with E-state index < -0.39 is 6.10 Å². The predicted octanol–water partition coefficient (Wildman–Crippen LogP) is 5.34. The fourth-order valence-electron chi connectivity index (χ4n) is 3.48. The van der Waals surface area contributed by atoms with Crippen LogP contribution in [0.15, 0.2) is 41.6 Å². The van der Waals surface area contributed by atoms with Gasteiger partial charge in [0.2, 0.25) is 0 Å². The Morgan fingerprint density at radius 1 is 1.39 bits per heavy atom. The zero-order valence-corrected chi connectivity index (χ0v) is 19.9. The van der Waals surface area contributed by atoms with E-state index in [9.17, 15) is 5.11 Å². The SMILES string of the molecule is C#CC.C/C=C1\C/C(=C\CCc2cc(C(CC(O)CC)OCCO)ccc2Cl)CCN1. The summed E-state index contributed by atoms with van der Waals surface area (Å²) < 4.78 is 5.79. The lowest BCUT2D eigenvalue weighted by Gasteiger charge is -2.22. The molecule has 0 bridgehead atoms. The number of aliphatic hydroxyl groups excluding tert-OH is 2. The smallest absolute Gasteiger partial charge is 0.0850 e. The second-order valence-corrected chi connectivity index (χ2v) is 8.00. The number of terminal acetylenes is 1. The van der Waals surface area contributed by atoms with Gasteiger partial charge in [0.15, 0.2) is 0 Å². The Kier molecular flexibility index (Phi) is 14.0. The monoisotopic (exact) mass is 447 g/mol. The summed E-state index contributed by atoms with van der Waals surface area (Å²) in [6.45, 7) is 6.91. The van der Waals surface area contributed by atoms with E-state index in [4.69, 9.17) is 21.4 Å². The third kappa shape index (κ3) is 10.4. The van der Waals surface area contributed by atoms with Gasteiger partial charge in [0, 0.05) is 30.1 Å². The summed E-state index contributed by atoms with van der Waals surface area (Å²) >= 11 is 6.44. The molecule has 31 heavy (non-hydrogen) atoms. The van der Waals surface area contributed by atoms with Crippen molar-refractivity contribution in [1.82, 2.24) is 5.32 Å². The number of nitrogens with one attached hydrogen (secondary N) is 1. The maximum absolute atomic E-state index is 10.1. The molecule has 0 aromatic heterocycles. The van der Waals surface area contributed by atoms with Crippen LogP contribution in [0.2, 0.25) is 5.02 Å². The molecule has 0 saturated carbocycles. The number of halogens is 1. The van der Waals surface area contributed by atoms with Gasteiger partial charge in [-0.05, 0) is 56.7 Å². The van der Waals surface area contributed by atoms with E-state index in [0.717, 1.165) is 48.4 Å². The topological polar surface area (TPSA) is 61.7 Å². The first kappa shape index (κ1) is 27.3. The van der Waals surface area contributed by atoms with Crippen LogP contribution in [0.5, 0.6) is 0 Å². The summed E-state index contributed by atoms with van der Waals surface area (Å²) in [6.07, 6.45) is 13.5. The first-order valence-electron chi connectivity index (χ1n) is 11.1. The van der Waals surface area contributed by atoms with Crippen LogP contribution in [0.25, 0.3) is 0 Å². The molecule has 2 rings (SSSR count). The molecular formula is C26H38ClNO3. The van der Waals surface area contributed by atoms with E-state index in [1.54, 1.807) is 6.92 Å². The molecule has 1 aliphatic heterocycles. The third-order valence-electron chi connectivity index (χ3n) is 5.22. The molecule has 2 atom stereocenters. The van der Waals surface area contributed by atoms with Crippen molar-refractivity contribution >= 4 is 11.6 Å². The van der Waals surface area contributed by atoms with Crippen LogP contribution in [0.1, 0.15) is 70.1 Å². The molecule has 5 heteroatoms. The Morgan fingerprint density at radius 3 is 2.77 bits per heavy atom. The van der Waals surface area contributed by atoms with Crippen LogP contribution in [-0.4, -0.2) is 36.1 Å². The number of hydrogen-bond acceptors (Lipinski definition) is 4. The molecule has 1 heterocycles. The molecular weight excluding hydrogens is 410 g/mol. The largest absolute Gasteiger partial charge is 0.394 e. The average Bonchev–Trinajstić information content (AvgIpc) is 2.78. The van der Waals surface area contributed by atoms with Crippen molar-refractivity contribution in [3.05, 3.63) is 57.8 Å². The Balaban J connectivity index is 0.00000151. The number of rotatable bonds is 10. The molecule has 4 nitrogen and oxygen atoms in total. The number of aryl methyl sites for hydroxylation is 1. The van der Waals surface area contributed by atoms with Crippen molar-refractivity contribution in [3.63, 3.8) is 0 Å². The summed E-state index contributed by atoms with van der Waals surface area (Å²) in [4.78, 5) is 0. The summed E-state index contributed by atoms with van der Waals surface area (Å²) in [7, 11) is 0. The van der Waals surface area contributed by atoms with Gasteiger partial charge in [-0.15, -0.1) is 12.3 Å². The standard InChI is InChI=1S/C23H34ClNO3.C3H4/c1-3-20-14-17(10-11-25-20)6-5-7-18-15-19(8-9-22(18)24)23(28-13-12-26)16-21(27)4-2;1-3-2/h3,6,8-9,15,21,23,25-27H,4-5,7,10-14,16H2,1-2H3;1H,2H3/b17-6-,20-3+;. The van der Waals surface area contributed by atoms with Crippen molar-refractivity contribution < 1.29 is 14.9 Å². The van der Waals surface area contributed by atoms with Gasteiger partial charge in [-0.2, -0.15) is 0 Å². The van der Waals surface area contributed by atoms with E-state index in [0.29, 0.717) is 12.8 Å². The molecule has 1 fully saturated rings. The fourth-order valence-corrected chi connectivity index (χ4v) is 3.70. The number of aliphatic hydroxyl groups is 2. The van der Waals surface area contributed by atoms with Crippen LogP contribution in [0.3, 0.4) is 0 Å². The van der Waals surface area contributed by atoms with Gasteiger partial charge in [-0.25, -0.2) is 0 Å². The first-order valence-corrected chi connectivity index (χ1v) is 11.5. The zero-order valence-electron chi connectivity index (χ0n) is 19.2. The van der Waals surface area contributed by atoms with Crippen LogP contribution in [0.4, 0.5) is 0 Å². The Labute approximate surface area is 193 Å². The highest BCUT2D eigenvalue weighted by Crippen LogP contribution is 2.29. The van der Waals surface area contributed by atoms with Gasteiger partial charge in [0.1, 0.15) is 0 Å². The molecule has 1 aliphatic rings. The van der Waals surface area contributed by atoms with Gasteiger partial charge >= 0.3 is 0 Å². The van der Waals surface area contributed by atoms with E-state index in [2.05, 4.69) is 42.8 Å². The van der Waals surface area contributed by atoms with E-state index in [1.807, 2.05) is 19.1 Å². The number of benzene rings is 1. The molecule has 2 unspecified atom stereocenters. The lowest BCUT2D eigenvalue weighted by molar-refractivity contribution is -0.00397. The lowest BCUT2D eigenvalue weighted by atomic mass is 9.97. The van der Waals surface area contributed by atoms with Crippen LogP contribution < -0.4 is 5.32 Å². The summed E-state index contributed by atoms with van der Waals surface area (Å²) in [6, 6.07) is 5.96. The molecule has 3 N–H and O–H groups in total. The van der Waals surface area contributed by atoms with E-state index in [-0.39, 0.29) is 19.3 Å². The van der Waals surface area contributed by atoms with Crippen LogP contribution in [-0.2, 0) is 11.2 Å². The number of allylic oxidation sites excluding steroid dienone is 3. The van der Waals surface area contributed by atoms with Gasteiger partial charge in [0.05, 0.1) is 25.4 Å². The van der Waals surface area contributed by atoms with Crippen molar-refractivity contribution in [2.24, 2.45) is 0 Å². The Morgan fingerprint density at radius 2 is 2.13 bits per heavy atom. The minimum Gasteiger partial charge on any atom is -0.394 e. The molecule has 1 aromatic rings. The quantitative estimate of drug-likeness (QED) is 0.335. The second-order valence-electron chi connectivity index (χ2n) is 7.59. The van der Waals surface area contributed by atoms with Gasteiger partial charge in [-0.1, -0.05) is 48.4 Å². The predicted molar refractivity (Wildman–Crippen MR) is 130 cm³/mol.